The average molecular weight is 322 g/mol. The van der Waals surface area contributed by atoms with Crippen molar-refractivity contribution in [1.29, 1.82) is 0 Å². The van der Waals surface area contributed by atoms with Crippen molar-refractivity contribution in [3.8, 4) is 0 Å². The number of hydrazone groups is 1. The summed E-state index contributed by atoms with van der Waals surface area (Å²) in [5, 5.41) is 4.12. The molecule has 0 saturated heterocycles. The Morgan fingerprint density at radius 3 is 2.04 bits per heavy atom. The van der Waals surface area contributed by atoms with Gasteiger partial charge in [0.05, 0.1) is 6.21 Å². The highest BCUT2D eigenvalue weighted by atomic mass is 16.2. The van der Waals surface area contributed by atoms with Crippen LogP contribution in [-0.2, 0) is 5.41 Å². The third-order valence-electron chi connectivity index (χ3n) is 4.11. The maximum atomic E-state index is 12.2. The molecule has 1 amide bonds. The summed E-state index contributed by atoms with van der Waals surface area (Å²) in [6.07, 6.45) is 1.71. The minimum atomic E-state index is -0.200. The molecule has 0 saturated carbocycles. The van der Waals surface area contributed by atoms with Crippen molar-refractivity contribution in [3.63, 3.8) is 0 Å². The second-order valence-corrected chi connectivity index (χ2v) is 7.34. The standard InChI is InChI=1S/C21H26N2O/c1-14-11-15(2)19(16(3)12-14)13-22-23-20(24)17-7-9-18(10-8-17)21(4,5)6/h7-13H,1-6H3,(H,23,24)/b22-13+. The molecule has 0 aromatic heterocycles. The van der Waals surface area contributed by atoms with Crippen molar-refractivity contribution >= 4 is 12.1 Å². The third kappa shape index (κ3) is 4.31. The predicted octanol–water partition coefficient (Wildman–Crippen LogP) is 4.67. The second kappa shape index (κ2) is 7.00. The highest BCUT2D eigenvalue weighted by Gasteiger charge is 2.14. The molecule has 0 heterocycles. The summed E-state index contributed by atoms with van der Waals surface area (Å²) >= 11 is 0. The molecule has 3 heteroatoms. The number of nitrogens with one attached hydrogen (secondary N) is 1. The molecule has 0 spiro atoms. The number of aryl methyl sites for hydroxylation is 3. The summed E-state index contributed by atoms with van der Waals surface area (Å²) in [6.45, 7) is 12.6. The van der Waals surface area contributed by atoms with E-state index in [0.717, 1.165) is 16.7 Å². The molecule has 0 aliphatic rings. The zero-order valence-corrected chi connectivity index (χ0v) is 15.4. The Kier molecular flexibility index (Phi) is 5.23. The average Bonchev–Trinajstić information content (AvgIpc) is 2.49. The summed E-state index contributed by atoms with van der Waals surface area (Å²) < 4.78 is 0. The molecule has 0 atom stereocenters. The van der Waals surface area contributed by atoms with Crippen molar-refractivity contribution in [1.82, 2.24) is 5.43 Å². The van der Waals surface area contributed by atoms with E-state index >= 15 is 0 Å². The quantitative estimate of drug-likeness (QED) is 0.647. The molecule has 126 valence electrons. The molecule has 24 heavy (non-hydrogen) atoms. The SMILES string of the molecule is Cc1cc(C)c(/C=N/NC(=O)c2ccc(C(C)(C)C)cc2)c(C)c1. The molecule has 2 aromatic rings. The summed E-state index contributed by atoms with van der Waals surface area (Å²) in [5.41, 5.74) is 9.07. The number of carbonyl (C=O) groups is 1. The van der Waals surface area contributed by atoms with E-state index in [1.165, 1.54) is 11.1 Å². The zero-order valence-electron chi connectivity index (χ0n) is 15.4. The fourth-order valence-electron chi connectivity index (χ4n) is 2.74. The first-order valence-electron chi connectivity index (χ1n) is 8.20. The number of carbonyl (C=O) groups excluding carboxylic acids is 1. The van der Waals surface area contributed by atoms with Crippen molar-refractivity contribution in [2.45, 2.75) is 47.0 Å². The van der Waals surface area contributed by atoms with Gasteiger partial charge in [0, 0.05) is 11.1 Å². The van der Waals surface area contributed by atoms with Crippen LogP contribution in [0.15, 0.2) is 41.5 Å². The van der Waals surface area contributed by atoms with Gasteiger partial charge < -0.3 is 0 Å². The lowest BCUT2D eigenvalue weighted by Gasteiger charge is -2.18. The van der Waals surface area contributed by atoms with Gasteiger partial charge in [0.2, 0.25) is 0 Å². The van der Waals surface area contributed by atoms with Crippen molar-refractivity contribution < 1.29 is 4.79 Å². The van der Waals surface area contributed by atoms with Crippen LogP contribution in [0.3, 0.4) is 0 Å². The maximum Gasteiger partial charge on any atom is 0.271 e. The van der Waals surface area contributed by atoms with Crippen LogP contribution in [-0.4, -0.2) is 12.1 Å². The van der Waals surface area contributed by atoms with E-state index in [2.05, 4.69) is 50.4 Å². The largest absolute Gasteiger partial charge is 0.271 e. The van der Waals surface area contributed by atoms with Gasteiger partial charge in [-0.1, -0.05) is 50.6 Å². The molecule has 0 aliphatic carbocycles. The molecule has 2 aromatic carbocycles. The highest BCUT2D eigenvalue weighted by molar-refractivity contribution is 5.95. The van der Waals surface area contributed by atoms with Gasteiger partial charge in [0.25, 0.3) is 5.91 Å². The Balaban J connectivity index is 2.08. The predicted molar refractivity (Wildman–Crippen MR) is 101 cm³/mol. The monoisotopic (exact) mass is 322 g/mol. The third-order valence-corrected chi connectivity index (χ3v) is 4.11. The Bertz CT molecular complexity index is 742. The molecular weight excluding hydrogens is 296 g/mol. The first kappa shape index (κ1) is 17.9. The van der Waals surface area contributed by atoms with Crippen LogP contribution in [0.1, 0.15) is 58.9 Å². The molecule has 0 radical (unpaired) electrons. The summed E-state index contributed by atoms with van der Waals surface area (Å²) in [7, 11) is 0. The fourth-order valence-corrected chi connectivity index (χ4v) is 2.74. The zero-order chi connectivity index (χ0) is 17.9. The van der Waals surface area contributed by atoms with E-state index in [9.17, 15) is 4.79 Å². The summed E-state index contributed by atoms with van der Waals surface area (Å²) in [5.74, 6) is -0.200. The van der Waals surface area contributed by atoms with Crippen LogP contribution in [0.2, 0.25) is 0 Å². The van der Waals surface area contributed by atoms with Gasteiger partial charge in [-0.3, -0.25) is 4.79 Å². The molecule has 0 unspecified atom stereocenters. The minimum Gasteiger partial charge on any atom is -0.267 e. The van der Waals surface area contributed by atoms with Crippen LogP contribution < -0.4 is 5.43 Å². The number of amides is 1. The van der Waals surface area contributed by atoms with Gasteiger partial charge in [-0.15, -0.1) is 0 Å². The van der Waals surface area contributed by atoms with E-state index in [-0.39, 0.29) is 11.3 Å². The van der Waals surface area contributed by atoms with Gasteiger partial charge in [0.15, 0.2) is 0 Å². The van der Waals surface area contributed by atoms with E-state index in [1.807, 2.05) is 38.1 Å². The lowest BCUT2D eigenvalue weighted by Crippen LogP contribution is -2.18. The van der Waals surface area contributed by atoms with Crippen molar-refractivity contribution in [2.24, 2.45) is 5.10 Å². The van der Waals surface area contributed by atoms with Gasteiger partial charge >= 0.3 is 0 Å². The van der Waals surface area contributed by atoms with Crippen LogP contribution in [0.25, 0.3) is 0 Å². The van der Waals surface area contributed by atoms with E-state index in [1.54, 1.807) is 6.21 Å². The Morgan fingerprint density at radius 1 is 1.00 bits per heavy atom. The van der Waals surface area contributed by atoms with Crippen molar-refractivity contribution in [3.05, 3.63) is 69.8 Å². The number of hydrogen-bond acceptors (Lipinski definition) is 2. The summed E-state index contributed by atoms with van der Waals surface area (Å²) in [4.78, 5) is 12.2. The number of nitrogens with zero attached hydrogens (tertiary/aromatic N) is 1. The second-order valence-electron chi connectivity index (χ2n) is 7.34. The first-order valence-corrected chi connectivity index (χ1v) is 8.20. The Labute approximate surface area is 144 Å². The van der Waals surface area contributed by atoms with E-state index < -0.39 is 0 Å². The van der Waals surface area contributed by atoms with Crippen LogP contribution >= 0.6 is 0 Å². The number of rotatable bonds is 3. The first-order chi connectivity index (χ1) is 11.2. The summed E-state index contributed by atoms with van der Waals surface area (Å²) in [6, 6.07) is 11.9. The lowest BCUT2D eigenvalue weighted by molar-refractivity contribution is 0.0955. The highest BCUT2D eigenvalue weighted by Crippen LogP contribution is 2.22. The fraction of sp³-hybridized carbons (Fsp3) is 0.333. The van der Waals surface area contributed by atoms with Crippen molar-refractivity contribution in [2.75, 3.05) is 0 Å². The minimum absolute atomic E-state index is 0.0770. The molecule has 0 bridgehead atoms. The smallest absolute Gasteiger partial charge is 0.267 e. The van der Waals surface area contributed by atoms with Crippen LogP contribution in [0.5, 0.6) is 0 Å². The molecule has 2 rings (SSSR count). The molecule has 0 fully saturated rings. The topological polar surface area (TPSA) is 41.5 Å². The normalized spacial score (nSPS) is 11.8. The Hall–Kier alpha value is -2.42. The molecule has 0 aliphatic heterocycles. The van der Waals surface area contributed by atoms with E-state index in [0.29, 0.717) is 5.56 Å². The van der Waals surface area contributed by atoms with Gasteiger partial charge in [-0.05, 0) is 55.0 Å². The van der Waals surface area contributed by atoms with Gasteiger partial charge in [-0.25, -0.2) is 5.43 Å². The van der Waals surface area contributed by atoms with Crippen LogP contribution in [0.4, 0.5) is 0 Å². The lowest BCUT2D eigenvalue weighted by atomic mass is 9.87. The van der Waals surface area contributed by atoms with Gasteiger partial charge in [-0.2, -0.15) is 5.10 Å². The number of benzene rings is 2. The molecular formula is C21H26N2O. The molecule has 3 nitrogen and oxygen atoms in total. The Morgan fingerprint density at radius 2 is 1.54 bits per heavy atom. The number of hydrogen-bond donors (Lipinski definition) is 1. The van der Waals surface area contributed by atoms with Crippen LogP contribution in [0, 0.1) is 20.8 Å². The molecule has 1 N–H and O–H groups in total. The maximum absolute atomic E-state index is 12.2. The van der Waals surface area contributed by atoms with Gasteiger partial charge in [0.1, 0.15) is 0 Å². The van der Waals surface area contributed by atoms with E-state index in [4.69, 9.17) is 0 Å².